The Morgan fingerprint density at radius 1 is 1.09 bits per heavy atom. The molecular weight excluding hydrogens is 464 g/mol. The van der Waals surface area contributed by atoms with Crippen molar-refractivity contribution < 1.29 is 28.7 Å². The summed E-state index contributed by atoms with van der Waals surface area (Å²) in [5.74, 6) is -1.01. The molecule has 0 spiro atoms. The van der Waals surface area contributed by atoms with E-state index in [0.29, 0.717) is 11.1 Å². The molecule has 0 bridgehead atoms. The lowest BCUT2D eigenvalue weighted by Gasteiger charge is -2.10. The minimum Gasteiger partial charge on any atom is -0.493 e. The molecule has 0 radical (unpaired) electrons. The molecule has 10 heteroatoms. The van der Waals surface area contributed by atoms with Gasteiger partial charge in [-0.3, -0.25) is 10.1 Å². The summed E-state index contributed by atoms with van der Waals surface area (Å²) in [4.78, 5) is 39.3. The zero-order chi connectivity index (χ0) is 24.2. The van der Waals surface area contributed by atoms with E-state index in [1.165, 1.54) is 37.5 Å². The number of hydrogen-bond acceptors (Lipinski definition) is 8. The first-order valence-corrected chi connectivity index (χ1v) is 10.2. The van der Waals surface area contributed by atoms with Crippen LogP contribution < -0.4 is 9.47 Å². The molecule has 0 saturated carbocycles. The van der Waals surface area contributed by atoms with Gasteiger partial charge in [-0.05, 0) is 42.0 Å². The zero-order valence-corrected chi connectivity index (χ0v) is 18.3. The average molecular weight is 479 g/mol. The summed E-state index contributed by atoms with van der Waals surface area (Å²) in [7, 11) is 1.40. The number of ether oxygens (including phenoxy) is 3. The third-order valence-electron chi connectivity index (χ3n) is 4.71. The molecule has 1 heterocycles. The summed E-state index contributed by atoms with van der Waals surface area (Å²) in [6.07, 6.45) is 1.45. The lowest BCUT2D eigenvalue weighted by atomic mass is 10.1. The number of carbonyl (C=O) groups excluding carboxylic acids is 2. The number of non-ortho nitro benzene ring substituents is 1. The van der Waals surface area contributed by atoms with Crippen LogP contribution in [0.15, 0.2) is 77.4 Å². The van der Waals surface area contributed by atoms with Crippen LogP contribution in [0.3, 0.4) is 0 Å². The number of nitro benzene ring substituents is 1. The first kappa shape index (κ1) is 22.7. The number of cyclic esters (lactones) is 1. The Kier molecular flexibility index (Phi) is 6.37. The Hall–Kier alpha value is -4.50. The van der Waals surface area contributed by atoms with Crippen LogP contribution in [0.4, 0.5) is 5.69 Å². The molecule has 9 nitrogen and oxygen atoms in total. The Balaban J connectivity index is 1.59. The molecule has 0 saturated heterocycles. The van der Waals surface area contributed by atoms with Gasteiger partial charge in [0, 0.05) is 17.7 Å². The fourth-order valence-electron chi connectivity index (χ4n) is 3.08. The van der Waals surface area contributed by atoms with Gasteiger partial charge in [0.2, 0.25) is 5.90 Å². The quantitative estimate of drug-likeness (QED) is 0.164. The molecule has 1 aliphatic heterocycles. The summed E-state index contributed by atoms with van der Waals surface area (Å²) >= 11 is 6.04. The minimum atomic E-state index is -0.713. The van der Waals surface area contributed by atoms with Gasteiger partial charge in [-0.15, -0.1) is 0 Å². The van der Waals surface area contributed by atoms with Crippen molar-refractivity contribution in [1.29, 1.82) is 0 Å². The normalized spacial score (nSPS) is 13.9. The molecule has 0 aromatic heterocycles. The molecule has 4 rings (SSSR count). The number of carbonyl (C=O) groups is 2. The highest BCUT2D eigenvalue weighted by Gasteiger charge is 2.25. The summed E-state index contributed by atoms with van der Waals surface area (Å²) in [5, 5.41) is 11.2. The van der Waals surface area contributed by atoms with Gasteiger partial charge in [0.15, 0.2) is 17.2 Å². The van der Waals surface area contributed by atoms with E-state index in [-0.39, 0.29) is 39.4 Å². The van der Waals surface area contributed by atoms with Gasteiger partial charge >= 0.3 is 11.9 Å². The van der Waals surface area contributed by atoms with Crippen LogP contribution in [0.5, 0.6) is 11.5 Å². The second-order valence-electron chi connectivity index (χ2n) is 6.92. The highest BCUT2D eigenvalue weighted by molar-refractivity contribution is 6.33. The van der Waals surface area contributed by atoms with Crippen molar-refractivity contribution in [1.82, 2.24) is 0 Å². The number of halogens is 1. The lowest BCUT2D eigenvalue weighted by Crippen LogP contribution is -2.09. The number of nitrogens with zero attached hydrogens (tertiary/aromatic N) is 2. The van der Waals surface area contributed by atoms with E-state index in [2.05, 4.69) is 4.99 Å². The topological polar surface area (TPSA) is 117 Å². The molecule has 170 valence electrons. The van der Waals surface area contributed by atoms with E-state index in [1.54, 1.807) is 42.5 Å². The third-order valence-corrected chi connectivity index (χ3v) is 5.04. The summed E-state index contributed by atoms with van der Waals surface area (Å²) < 4.78 is 15.9. The predicted molar refractivity (Wildman–Crippen MR) is 123 cm³/mol. The van der Waals surface area contributed by atoms with Crippen molar-refractivity contribution in [3.8, 4) is 11.5 Å². The minimum absolute atomic E-state index is 0.00984. The summed E-state index contributed by atoms with van der Waals surface area (Å²) in [5.41, 5.74) is 0.856. The van der Waals surface area contributed by atoms with Crippen LogP contribution in [0.1, 0.15) is 21.5 Å². The van der Waals surface area contributed by atoms with Gasteiger partial charge in [-0.1, -0.05) is 35.9 Å². The molecule has 1 aliphatic rings. The fourth-order valence-corrected chi connectivity index (χ4v) is 3.30. The van der Waals surface area contributed by atoms with Crippen LogP contribution in [0.2, 0.25) is 5.02 Å². The van der Waals surface area contributed by atoms with Gasteiger partial charge in [0.25, 0.3) is 5.69 Å². The Morgan fingerprint density at radius 3 is 2.62 bits per heavy atom. The molecule has 34 heavy (non-hydrogen) atoms. The van der Waals surface area contributed by atoms with E-state index in [4.69, 9.17) is 25.8 Å². The monoisotopic (exact) mass is 478 g/mol. The van der Waals surface area contributed by atoms with E-state index < -0.39 is 16.9 Å². The van der Waals surface area contributed by atoms with Crippen LogP contribution in [-0.2, 0) is 9.53 Å². The van der Waals surface area contributed by atoms with Gasteiger partial charge in [-0.25, -0.2) is 14.6 Å². The molecule has 0 atom stereocenters. The summed E-state index contributed by atoms with van der Waals surface area (Å²) in [6, 6.07) is 16.7. The Bertz CT molecular complexity index is 1380. The standard InChI is InChI=1S/C24H15ClN2O7/c1-32-21-12-14(9-10-20(21)33-23(28)17-7-2-3-8-18(17)25)11-19-24(29)34-22(26-19)15-5-4-6-16(13-15)27(30)31/h2-13H,1H3/b19-11-. The van der Waals surface area contributed by atoms with Crippen molar-refractivity contribution in [2.75, 3.05) is 7.11 Å². The first-order chi connectivity index (χ1) is 16.4. The van der Waals surface area contributed by atoms with Gasteiger partial charge in [0.05, 0.1) is 22.6 Å². The number of aliphatic imine (C=N–C) groups is 1. The molecule has 0 N–H and O–H groups in total. The van der Waals surface area contributed by atoms with Crippen LogP contribution in [-0.4, -0.2) is 29.9 Å². The van der Waals surface area contributed by atoms with Gasteiger partial charge < -0.3 is 14.2 Å². The van der Waals surface area contributed by atoms with Crippen molar-refractivity contribution >= 4 is 41.2 Å². The number of benzene rings is 3. The largest absolute Gasteiger partial charge is 0.493 e. The van der Waals surface area contributed by atoms with E-state index in [9.17, 15) is 19.7 Å². The van der Waals surface area contributed by atoms with Gasteiger partial charge in [-0.2, -0.15) is 0 Å². The van der Waals surface area contributed by atoms with E-state index in [0.717, 1.165) is 0 Å². The SMILES string of the molecule is COc1cc(/C=C2\N=C(c3cccc([N+](=O)[O-])c3)OC2=O)ccc1OC(=O)c1ccccc1Cl. The number of nitro groups is 1. The highest BCUT2D eigenvalue weighted by Crippen LogP contribution is 2.31. The lowest BCUT2D eigenvalue weighted by molar-refractivity contribution is -0.384. The average Bonchev–Trinajstić information content (AvgIpc) is 3.20. The molecule has 0 aliphatic carbocycles. The number of methoxy groups -OCH3 is 1. The van der Waals surface area contributed by atoms with Gasteiger partial charge in [0.1, 0.15) is 0 Å². The van der Waals surface area contributed by atoms with Crippen LogP contribution in [0, 0.1) is 10.1 Å². The highest BCUT2D eigenvalue weighted by atomic mass is 35.5. The molecule has 0 amide bonds. The molecule has 0 fully saturated rings. The van der Waals surface area contributed by atoms with Crippen LogP contribution in [0.25, 0.3) is 6.08 Å². The van der Waals surface area contributed by atoms with Crippen molar-refractivity contribution in [2.45, 2.75) is 0 Å². The Morgan fingerprint density at radius 2 is 1.88 bits per heavy atom. The number of rotatable bonds is 6. The number of hydrogen-bond donors (Lipinski definition) is 0. The molecule has 3 aromatic carbocycles. The maximum absolute atomic E-state index is 12.5. The molecule has 0 unspecified atom stereocenters. The molecule has 3 aromatic rings. The smallest absolute Gasteiger partial charge is 0.363 e. The summed E-state index contributed by atoms with van der Waals surface area (Å²) in [6.45, 7) is 0. The second kappa shape index (κ2) is 9.55. The van der Waals surface area contributed by atoms with Crippen molar-refractivity contribution in [2.24, 2.45) is 4.99 Å². The second-order valence-corrected chi connectivity index (χ2v) is 7.33. The Labute approximate surface area is 198 Å². The van der Waals surface area contributed by atoms with Crippen LogP contribution >= 0.6 is 11.6 Å². The predicted octanol–water partition coefficient (Wildman–Crippen LogP) is 4.82. The van der Waals surface area contributed by atoms with Crippen molar-refractivity contribution in [3.05, 3.63) is 104 Å². The van der Waals surface area contributed by atoms with Crippen molar-refractivity contribution in [3.63, 3.8) is 0 Å². The van der Waals surface area contributed by atoms with E-state index in [1.807, 2.05) is 0 Å². The maximum Gasteiger partial charge on any atom is 0.363 e. The first-order valence-electron chi connectivity index (χ1n) is 9.78. The molecular formula is C24H15ClN2O7. The fraction of sp³-hybridized carbons (Fsp3) is 0.0417. The maximum atomic E-state index is 12.5. The number of esters is 2. The zero-order valence-electron chi connectivity index (χ0n) is 17.6. The van der Waals surface area contributed by atoms with E-state index >= 15 is 0 Å². The third kappa shape index (κ3) is 4.79.